The summed E-state index contributed by atoms with van der Waals surface area (Å²) in [6.45, 7) is 4.13. The summed E-state index contributed by atoms with van der Waals surface area (Å²) in [5.74, 6) is 1.08. The summed E-state index contributed by atoms with van der Waals surface area (Å²) in [7, 11) is 0. The molecule has 1 fully saturated rings. The smallest absolute Gasteiger partial charge is 0.109 e. The fourth-order valence-electron chi connectivity index (χ4n) is 4.59. The zero-order valence-electron chi connectivity index (χ0n) is 13.7. The summed E-state index contributed by atoms with van der Waals surface area (Å²) >= 11 is 0. The second-order valence-electron chi connectivity index (χ2n) is 6.88. The summed E-state index contributed by atoms with van der Waals surface area (Å²) in [6.07, 6.45) is 7.54. The minimum atomic E-state index is -0.383. The summed E-state index contributed by atoms with van der Waals surface area (Å²) in [5.41, 5.74) is 2.51. The van der Waals surface area contributed by atoms with E-state index in [4.69, 9.17) is 0 Å². The fourth-order valence-corrected chi connectivity index (χ4v) is 4.59. The first kappa shape index (κ1) is 14.9. The molecule has 1 aliphatic heterocycles. The Hall–Kier alpha value is -1.65. The molecule has 2 N–H and O–H groups in total. The lowest BCUT2D eigenvalue weighted by Crippen LogP contribution is -2.47. The molecule has 0 radical (unpaired) electrons. The Labute approximate surface area is 137 Å². The molecular formula is C19H25N3O. The molecule has 2 aromatic rings. The Morgan fingerprint density at radius 1 is 1.30 bits per heavy atom. The van der Waals surface area contributed by atoms with Crippen LogP contribution in [0.1, 0.15) is 49.2 Å². The maximum absolute atomic E-state index is 11.4. The van der Waals surface area contributed by atoms with Crippen molar-refractivity contribution in [2.75, 3.05) is 13.1 Å². The summed E-state index contributed by atoms with van der Waals surface area (Å²) in [4.78, 5) is 4.53. The SMILES string of the molecule is CCCc1nccn1[C@@H]1c2ccccc2C2(CCNCC2)[C@H]1O. The maximum Gasteiger partial charge on any atom is 0.109 e. The van der Waals surface area contributed by atoms with E-state index in [1.165, 1.54) is 11.1 Å². The first-order valence-corrected chi connectivity index (χ1v) is 8.78. The van der Waals surface area contributed by atoms with Crippen LogP contribution >= 0.6 is 0 Å². The average molecular weight is 311 g/mol. The first-order chi connectivity index (χ1) is 11.3. The van der Waals surface area contributed by atoms with Crippen LogP contribution in [-0.4, -0.2) is 33.9 Å². The van der Waals surface area contributed by atoms with Gasteiger partial charge in [0.1, 0.15) is 5.82 Å². The van der Waals surface area contributed by atoms with Gasteiger partial charge in [-0.15, -0.1) is 0 Å². The number of fused-ring (bicyclic) bond motifs is 2. The molecule has 23 heavy (non-hydrogen) atoms. The van der Waals surface area contributed by atoms with Crippen LogP contribution in [0.5, 0.6) is 0 Å². The number of hydrogen-bond donors (Lipinski definition) is 2. The van der Waals surface area contributed by atoms with Crippen LogP contribution in [0, 0.1) is 0 Å². The minimum absolute atomic E-state index is 0.00616. The van der Waals surface area contributed by atoms with Crippen LogP contribution in [-0.2, 0) is 11.8 Å². The van der Waals surface area contributed by atoms with E-state index in [9.17, 15) is 5.11 Å². The monoisotopic (exact) mass is 311 g/mol. The van der Waals surface area contributed by atoms with Gasteiger partial charge in [0.2, 0.25) is 0 Å². The molecule has 122 valence electrons. The van der Waals surface area contributed by atoms with Gasteiger partial charge >= 0.3 is 0 Å². The number of benzene rings is 1. The Balaban J connectivity index is 1.83. The van der Waals surface area contributed by atoms with Crippen molar-refractivity contribution in [1.82, 2.24) is 14.9 Å². The van der Waals surface area contributed by atoms with E-state index in [0.29, 0.717) is 0 Å². The van der Waals surface area contributed by atoms with Crippen molar-refractivity contribution in [2.24, 2.45) is 0 Å². The third-order valence-electron chi connectivity index (χ3n) is 5.70. The molecule has 2 aliphatic rings. The van der Waals surface area contributed by atoms with E-state index in [2.05, 4.69) is 46.1 Å². The largest absolute Gasteiger partial charge is 0.390 e. The predicted octanol–water partition coefficient (Wildman–Crippen LogP) is 2.42. The summed E-state index contributed by atoms with van der Waals surface area (Å²) in [5, 5.41) is 14.8. The molecule has 0 bridgehead atoms. The summed E-state index contributed by atoms with van der Waals surface area (Å²) in [6, 6.07) is 8.61. The van der Waals surface area contributed by atoms with Gasteiger partial charge in [-0.25, -0.2) is 4.98 Å². The van der Waals surface area contributed by atoms with Crippen molar-refractivity contribution in [3.63, 3.8) is 0 Å². The zero-order chi connectivity index (χ0) is 15.9. The van der Waals surface area contributed by atoms with Crippen molar-refractivity contribution in [2.45, 2.75) is 50.2 Å². The number of nitrogens with zero attached hydrogens (tertiary/aromatic N) is 2. The van der Waals surface area contributed by atoms with Crippen LogP contribution in [0.3, 0.4) is 0 Å². The number of aromatic nitrogens is 2. The highest BCUT2D eigenvalue weighted by atomic mass is 16.3. The van der Waals surface area contributed by atoms with E-state index in [-0.39, 0.29) is 17.6 Å². The topological polar surface area (TPSA) is 50.1 Å². The first-order valence-electron chi connectivity index (χ1n) is 8.78. The number of nitrogens with one attached hydrogen (secondary N) is 1. The molecule has 1 aromatic carbocycles. The van der Waals surface area contributed by atoms with Gasteiger partial charge < -0.3 is 15.0 Å². The molecule has 1 aliphatic carbocycles. The second-order valence-corrected chi connectivity index (χ2v) is 6.88. The predicted molar refractivity (Wildman–Crippen MR) is 90.6 cm³/mol. The normalized spacial score (nSPS) is 25.7. The van der Waals surface area contributed by atoms with Gasteiger partial charge in [-0.3, -0.25) is 0 Å². The van der Waals surface area contributed by atoms with Crippen LogP contribution in [0.4, 0.5) is 0 Å². The van der Waals surface area contributed by atoms with Crippen LogP contribution in [0.15, 0.2) is 36.7 Å². The molecule has 4 heteroatoms. The molecular weight excluding hydrogens is 286 g/mol. The number of imidazole rings is 1. The Kier molecular flexibility index (Phi) is 3.74. The number of hydrogen-bond acceptors (Lipinski definition) is 3. The quantitative estimate of drug-likeness (QED) is 0.915. The molecule has 0 saturated carbocycles. The van der Waals surface area contributed by atoms with Gasteiger partial charge in [-0.05, 0) is 43.5 Å². The number of piperidine rings is 1. The number of rotatable bonds is 3. The lowest BCUT2D eigenvalue weighted by Gasteiger charge is -2.39. The van der Waals surface area contributed by atoms with Gasteiger partial charge in [0.15, 0.2) is 0 Å². The van der Waals surface area contributed by atoms with Gasteiger partial charge in [-0.2, -0.15) is 0 Å². The highest BCUT2D eigenvalue weighted by molar-refractivity contribution is 5.46. The van der Waals surface area contributed by atoms with E-state index in [0.717, 1.165) is 44.6 Å². The third kappa shape index (κ3) is 2.16. The lowest BCUT2D eigenvalue weighted by molar-refractivity contribution is 0.0450. The molecule has 4 nitrogen and oxygen atoms in total. The molecule has 1 aromatic heterocycles. The highest BCUT2D eigenvalue weighted by Gasteiger charge is 2.52. The van der Waals surface area contributed by atoms with Crippen LogP contribution in [0.25, 0.3) is 0 Å². The molecule has 0 amide bonds. The van der Waals surface area contributed by atoms with Crippen molar-refractivity contribution in [3.05, 3.63) is 53.6 Å². The van der Waals surface area contributed by atoms with E-state index in [1.54, 1.807) is 0 Å². The minimum Gasteiger partial charge on any atom is -0.390 e. The second kappa shape index (κ2) is 5.77. The molecule has 4 rings (SSSR count). The molecule has 0 unspecified atom stereocenters. The van der Waals surface area contributed by atoms with Crippen molar-refractivity contribution >= 4 is 0 Å². The lowest BCUT2D eigenvalue weighted by atomic mass is 9.72. The zero-order valence-corrected chi connectivity index (χ0v) is 13.7. The Bertz CT molecular complexity index is 687. The summed E-state index contributed by atoms with van der Waals surface area (Å²) < 4.78 is 2.21. The third-order valence-corrected chi connectivity index (χ3v) is 5.70. The van der Waals surface area contributed by atoms with Crippen LogP contribution < -0.4 is 5.32 Å². The van der Waals surface area contributed by atoms with Gasteiger partial charge in [0, 0.05) is 24.2 Å². The fraction of sp³-hybridized carbons (Fsp3) is 0.526. The number of aryl methyl sites for hydroxylation is 1. The van der Waals surface area contributed by atoms with Crippen molar-refractivity contribution in [3.8, 4) is 0 Å². The average Bonchev–Trinajstić information content (AvgIpc) is 3.12. The van der Waals surface area contributed by atoms with E-state index >= 15 is 0 Å². The molecule has 1 saturated heterocycles. The van der Waals surface area contributed by atoms with Crippen LogP contribution in [0.2, 0.25) is 0 Å². The number of aliphatic hydroxyl groups excluding tert-OH is 1. The number of aliphatic hydroxyl groups is 1. The Morgan fingerprint density at radius 2 is 2.09 bits per heavy atom. The van der Waals surface area contributed by atoms with Gasteiger partial charge in [0.05, 0.1) is 12.1 Å². The molecule has 2 heterocycles. The van der Waals surface area contributed by atoms with Crippen molar-refractivity contribution in [1.29, 1.82) is 0 Å². The highest BCUT2D eigenvalue weighted by Crippen LogP contribution is 2.51. The van der Waals surface area contributed by atoms with Crippen molar-refractivity contribution < 1.29 is 5.11 Å². The molecule has 2 atom stereocenters. The van der Waals surface area contributed by atoms with Gasteiger partial charge in [0.25, 0.3) is 0 Å². The Morgan fingerprint density at radius 3 is 2.87 bits per heavy atom. The van der Waals surface area contributed by atoms with E-state index in [1.807, 2.05) is 12.4 Å². The van der Waals surface area contributed by atoms with E-state index < -0.39 is 0 Å². The maximum atomic E-state index is 11.4. The van der Waals surface area contributed by atoms with Gasteiger partial charge in [-0.1, -0.05) is 31.2 Å². The standard InChI is InChI=1S/C19H25N3O/c1-2-5-16-21-12-13-22(16)17-14-6-3-4-7-15(14)19(18(17)23)8-10-20-11-9-19/h3-4,6-7,12-13,17-18,20,23H,2,5,8-11H2,1H3/t17-,18+/m1/s1. The molecule has 1 spiro atoms.